The first kappa shape index (κ1) is 21.8. The monoisotopic (exact) mass is 447 g/mol. The number of allylic oxidation sites excluding steroid dienone is 2. The van der Waals surface area contributed by atoms with Crippen molar-refractivity contribution in [3.8, 4) is 5.75 Å². The van der Waals surface area contributed by atoms with Crippen LogP contribution in [0.2, 0.25) is 0 Å². The van der Waals surface area contributed by atoms with Gasteiger partial charge >= 0.3 is 6.03 Å². The van der Waals surface area contributed by atoms with E-state index in [1.165, 1.54) is 29.5 Å². The van der Waals surface area contributed by atoms with Gasteiger partial charge in [0.15, 0.2) is 0 Å². The number of carbonyl (C=O) groups excluding carboxylic acids is 1. The Balaban J connectivity index is 1.48. The van der Waals surface area contributed by atoms with Crippen molar-refractivity contribution in [1.29, 1.82) is 0 Å². The van der Waals surface area contributed by atoms with E-state index in [4.69, 9.17) is 4.74 Å². The summed E-state index contributed by atoms with van der Waals surface area (Å²) in [6, 6.07) is 14.0. The van der Waals surface area contributed by atoms with Crippen molar-refractivity contribution in [3.05, 3.63) is 59.7 Å². The number of likely N-dealkylation sites (N-methyl/N-ethyl adjacent to an activating group) is 1. The fourth-order valence-corrected chi connectivity index (χ4v) is 5.85. The highest BCUT2D eigenvalue weighted by Gasteiger charge is 2.47. The Kier molecular flexibility index (Phi) is 6.02. The average molecular weight is 448 g/mol. The summed E-state index contributed by atoms with van der Waals surface area (Å²) in [5, 5.41) is 13.3. The van der Waals surface area contributed by atoms with Crippen molar-refractivity contribution < 1.29 is 14.6 Å². The summed E-state index contributed by atoms with van der Waals surface area (Å²) >= 11 is 0. The smallest absolute Gasteiger partial charge is 0.322 e. The van der Waals surface area contributed by atoms with Gasteiger partial charge in [-0.1, -0.05) is 12.1 Å². The van der Waals surface area contributed by atoms with E-state index in [1.54, 1.807) is 7.11 Å². The van der Waals surface area contributed by atoms with E-state index in [2.05, 4.69) is 41.5 Å². The minimum Gasteiger partial charge on any atom is -0.497 e. The van der Waals surface area contributed by atoms with Crippen LogP contribution in [0, 0.1) is 5.92 Å². The second-order valence-corrected chi connectivity index (χ2v) is 9.36. The van der Waals surface area contributed by atoms with Crippen molar-refractivity contribution in [3.63, 3.8) is 0 Å². The number of ether oxygens (including phenoxy) is 1. The lowest BCUT2D eigenvalue weighted by molar-refractivity contribution is 0.168. The number of fused-ring (bicyclic) bond motifs is 3. The van der Waals surface area contributed by atoms with Crippen LogP contribution in [-0.4, -0.2) is 49.4 Å². The first-order valence-electron chi connectivity index (χ1n) is 12.0. The molecule has 2 aromatic rings. The van der Waals surface area contributed by atoms with E-state index in [0.29, 0.717) is 6.54 Å². The maximum absolute atomic E-state index is 13.4. The summed E-state index contributed by atoms with van der Waals surface area (Å²) in [5.74, 6) is 0.957. The number of carbonyl (C=O) groups is 1. The summed E-state index contributed by atoms with van der Waals surface area (Å²) < 4.78 is 5.22. The number of hydrogen-bond donors (Lipinski definition) is 2. The SMILES string of the molecule is COc1ccc(NC(=O)N2CC[C@@H]3[C@H]2c2cc(C4=CCCCC4)ccc2N(C)[C@@H]3CO)cc1. The number of likely N-dealkylation sites (tertiary alicyclic amines) is 1. The van der Waals surface area contributed by atoms with Gasteiger partial charge in [0.2, 0.25) is 0 Å². The highest BCUT2D eigenvalue weighted by molar-refractivity contribution is 5.90. The van der Waals surface area contributed by atoms with Gasteiger partial charge < -0.3 is 25.0 Å². The molecule has 1 aliphatic carbocycles. The molecule has 0 bridgehead atoms. The molecular formula is C27H33N3O3. The molecule has 5 rings (SSSR count). The summed E-state index contributed by atoms with van der Waals surface area (Å²) in [6.07, 6.45) is 8.00. The number of urea groups is 1. The van der Waals surface area contributed by atoms with Gasteiger partial charge in [-0.2, -0.15) is 0 Å². The highest BCUT2D eigenvalue weighted by atomic mass is 16.5. The number of hydrogen-bond acceptors (Lipinski definition) is 4. The second-order valence-electron chi connectivity index (χ2n) is 9.36. The van der Waals surface area contributed by atoms with E-state index in [-0.39, 0.29) is 30.6 Å². The van der Waals surface area contributed by atoms with Crippen LogP contribution in [0.3, 0.4) is 0 Å². The highest BCUT2D eigenvalue weighted by Crippen LogP contribution is 2.49. The van der Waals surface area contributed by atoms with E-state index in [0.717, 1.165) is 36.4 Å². The molecule has 174 valence electrons. The molecule has 2 N–H and O–H groups in total. The number of methoxy groups -OCH3 is 1. The number of aliphatic hydroxyl groups is 1. The Morgan fingerprint density at radius 2 is 2.00 bits per heavy atom. The molecule has 3 atom stereocenters. The number of anilines is 2. The Morgan fingerprint density at radius 3 is 2.70 bits per heavy atom. The lowest BCUT2D eigenvalue weighted by Crippen LogP contribution is -2.48. The minimum absolute atomic E-state index is 0.000956. The molecule has 6 heteroatoms. The molecule has 2 heterocycles. The van der Waals surface area contributed by atoms with Gasteiger partial charge in [0.05, 0.1) is 25.8 Å². The van der Waals surface area contributed by atoms with Gasteiger partial charge in [0.25, 0.3) is 0 Å². The molecule has 0 unspecified atom stereocenters. The molecule has 3 aliphatic rings. The predicted molar refractivity (Wildman–Crippen MR) is 132 cm³/mol. The number of rotatable bonds is 4. The molecule has 1 fully saturated rings. The minimum atomic E-state index is -0.0952. The Morgan fingerprint density at radius 1 is 1.18 bits per heavy atom. The normalized spacial score (nSPS) is 24.1. The van der Waals surface area contributed by atoms with Crippen LogP contribution in [0.15, 0.2) is 48.5 Å². The van der Waals surface area contributed by atoms with Crippen molar-refractivity contribution in [2.45, 2.75) is 44.2 Å². The molecule has 33 heavy (non-hydrogen) atoms. The van der Waals surface area contributed by atoms with Crippen molar-refractivity contribution in [1.82, 2.24) is 4.90 Å². The Hall–Kier alpha value is -2.99. The third-order valence-electron chi connectivity index (χ3n) is 7.61. The largest absolute Gasteiger partial charge is 0.497 e. The van der Waals surface area contributed by atoms with Gasteiger partial charge in [-0.05, 0) is 85.2 Å². The molecule has 0 aromatic heterocycles. The first-order valence-corrected chi connectivity index (χ1v) is 12.0. The van der Waals surface area contributed by atoms with Gasteiger partial charge in [-0.25, -0.2) is 4.79 Å². The third-order valence-corrected chi connectivity index (χ3v) is 7.61. The first-order chi connectivity index (χ1) is 16.1. The molecule has 2 amide bonds. The van der Waals surface area contributed by atoms with Crippen molar-refractivity contribution >= 4 is 23.0 Å². The van der Waals surface area contributed by atoms with Crippen LogP contribution in [0.25, 0.3) is 5.57 Å². The van der Waals surface area contributed by atoms with Gasteiger partial charge in [0, 0.05) is 30.9 Å². The lowest BCUT2D eigenvalue weighted by atomic mass is 9.80. The summed E-state index contributed by atoms with van der Waals surface area (Å²) in [5.41, 5.74) is 5.74. The number of aliphatic hydroxyl groups excluding tert-OH is 1. The van der Waals surface area contributed by atoms with Crippen molar-refractivity contribution in [2.75, 3.05) is 37.5 Å². The summed E-state index contributed by atoms with van der Waals surface area (Å²) in [7, 11) is 3.69. The Labute approximate surface area is 195 Å². The molecule has 0 radical (unpaired) electrons. The molecule has 2 aromatic carbocycles. The van der Waals surface area contributed by atoms with Gasteiger partial charge in [-0.3, -0.25) is 0 Å². The fraction of sp³-hybridized carbons (Fsp3) is 0.444. The molecule has 0 spiro atoms. The van der Waals surface area contributed by atoms with Crippen LogP contribution in [0.4, 0.5) is 16.2 Å². The van der Waals surface area contributed by atoms with Crippen molar-refractivity contribution in [2.24, 2.45) is 5.92 Å². The summed E-state index contributed by atoms with van der Waals surface area (Å²) in [6.45, 7) is 0.756. The Bertz CT molecular complexity index is 1050. The summed E-state index contributed by atoms with van der Waals surface area (Å²) in [4.78, 5) is 17.6. The zero-order chi connectivity index (χ0) is 22.9. The number of nitrogens with one attached hydrogen (secondary N) is 1. The van der Waals surface area contributed by atoms with Crippen LogP contribution in [-0.2, 0) is 0 Å². The molecule has 0 saturated carbocycles. The maximum atomic E-state index is 13.4. The molecular weight excluding hydrogens is 414 g/mol. The van der Waals surface area contributed by atoms with Crippen LogP contribution < -0.4 is 15.0 Å². The van der Waals surface area contributed by atoms with Gasteiger partial charge in [0.1, 0.15) is 5.75 Å². The van der Waals surface area contributed by atoms with E-state index >= 15 is 0 Å². The maximum Gasteiger partial charge on any atom is 0.322 e. The number of benzene rings is 2. The van der Waals surface area contributed by atoms with E-state index in [1.807, 2.05) is 29.2 Å². The van der Waals surface area contributed by atoms with Crippen LogP contribution in [0.5, 0.6) is 5.75 Å². The topological polar surface area (TPSA) is 65.0 Å². The van der Waals surface area contributed by atoms with E-state index in [9.17, 15) is 9.90 Å². The second kappa shape index (κ2) is 9.10. The zero-order valence-electron chi connectivity index (χ0n) is 19.5. The van der Waals surface area contributed by atoms with Crippen LogP contribution >= 0.6 is 0 Å². The quantitative estimate of drug-likeness (QED) is 0.688. The van der Waals surface area contributed by atoms with E-state index < -0.39 is 0 Å². The standard InChI is InChI=1S/C27H33N3O3/c1-29-24-13-8-19(18-6-4-3-5-7-18)16-23(24)26-22(25(29)17-31)14-15-30(26)27(32)28-20-9-11-21(33-2)12-10-20/h6,8-13,16,22,25-26,31H,3-5,7,14-15,17H2,1-2H3,(H,28,32)/t22-,25+,26-/m0/s1. The van der Waals surface area contributed by atoms with Gasteiger partial charge in [-0.15, -0.1) is 0 Å². The fourth-order valence-electron chi connectivity index (χ4n) is 5.85. The average Bonchev–Trinajstić information content (AvgIpc) is 3.30. The lowest BCUT2D eigenvalue weighted by Gasteiger charge is -2.44. The molecule has 6 nitrogen and oxygen atoms in total. The number of amides is 2. The molecule has 2 aliphatic heterocycles. The molecule has 1 saturated heterocycles. The third kappa shape index (κ3) is 3.97. The number of nitrogens with zero attached hydrogens (tertiary/aromatic N) is 2. The predicted octanol–water partition coefficient (Wildman–Crippen LogP) is 5.06. The zero-order valence-corrected chi connectivity index (χ0v) is 19.5. The van der Waals surface area contributed by atoms with Crippen LogP contribution in [0.1, 0.15) is 49.3 Å².